The van der Waals surface area contributed by atoms with E-state index in [4.69, 9.17) is 4.74 Å². The van der Waals surface area contributed by atoms with E-state index in [9.17, 15) is 9.59 Å². The Morgan fingerprint density at radius 3 is 1.56 bits per heavy atom. The van der Waals surface area contributed by atoms with Crippen molar-refractivity contribution >= 4 is 11.8 Å². The average molecular weight is 364 g/mol. The lowest BCUT2D eigenvalue weighted by Crippen LogP contribution is -2.34. The van der Waals surface area contributed by atoms with Gasteiger partial charge >= 0.3 is 0 Å². The molecule has 2 fully saturated rings. The number of carbonyl (C=O) groups is 2. The summed E-state index contributed by atoms with van der Waals surface area (Å²) in [6, 6.07) is 0. The topological polar surface area (TPSA) is 49.9 Å². The zero-order chi connectivity index (χ0) is 18.6. The van der Waals surface area contributed by atoms with Crippen LogP contribution in [0, 0.1) is 23.7 Å². The molecule has 2 atom stereocenters. The van der Waals surface area contributed by atoms with Crippen LogP contribution in [-0.4, -0.2) is 60.0 Å². The minimum atomic E-state index is -0.244. The molecular formula is C22H24N2O3. The molecule has 4 aliphatic rings. The van der Waals surface area contributed by atoms with Crippen molar-refractivity contribution in [3.05, 3.63) is 23.3 Å². The summed E-state index contributed by atoms with van der Waals surface area (Å²) in [5.41, 5.74) is 1.46. The number of hydrogen-bond donors (Lipinski definition) is 0. The first-order valence-corrected chi connectivity index (χ1v) is 9.92. The van der Waals surface area contributed by atoms with Crippen LogP contribution in [0.2, 0.25) is 0 Å². The number of nitrogens with zero attached hydrogens (tertiary/aromatic N) is 2. The predicted molar refractivity (Wildman–Crippen MR) is 101 cm³/mol. The molecular weight excluding hydrogens is 340 g/mol. The minimum absolute atomic E-state index is 0.134. The van der Waals surface area contributed by atoms with Gasteiger partial charge in [0.05, 0.1) is 0 Å². The van der Waals surface area contributed by atoms with E-state index in [2.05, 4.69) is 23.7 Å². The van der Waals surface area contributed by atoms with Crippen molar-refractivity contribution in [1.29, 1.82) is 0 Å². The summed E-state index contributed by atoms with van der Waals surface area (Å²) in [6.45, 7) is 3.13. The average Bonchev–Trinajstić information content (AvgIpc) is 3.33. The lowest BCUT2D eigenvalue weighted by Gasteiger charge is -2.24. The molecule has 2 saturated heterocycles. The van der Waals surface area contributed by atoms with Crippen molar-refractivity contribution in [2.24, 2.45) is 0 Å². The molecule has 4 heterocycles. The summed E-state index contributed by atoms with van der Waals surface area (Å²) in [4.78, 5) is 28.3. The molecule has 0 aromatic rings. The van der Waals surface area contributed by atoms with Crippen molar-refractivity contribution in [1.82, 2.24) is 9.80 Å². The van der Waals surface area contributed by atoms with Crippen LogP contribution in [-0.2, 0) is 14.3 Å². The van der Waals surface area contributed by atoms with Gasteiger partial charge < -0.3 is 14.5 Å². The van der Waals surface area contributed by atoms with Gasteiger partial charge in [0, 0.05) is 49.2 Å². The van der Waals surface area contributed by atoms with Gasteiger partial charge in [-0.25, -0.2) is 0 Å². The van der Waals surface area contributed by atoms with Gasteiger partial charge in [0.1, 0.15) is 12.2 Å². The number of likely N-dealkylation sites (tertiary alicyclic amines) is 2. The molecule has 5 nitrogen and oxygen atoms in total. The van der Waals surface area contributed by atoms with Crippen LogP contribution in [0.3, 0.4) is 0 Å². The van der Waals surface area contributed by atoms with Gasteiger partial charge in [-0.15, -0.1) is 0 Å². The molecule has 0 N–H and O–H groups in total. The van der Waals surface area contributed by atoms with E-state index in [1.807, 2.05) is 22.0 Å². The molecule has 0 spiro atoms. The third kappa shape index (κ3) is 3.94. The molecule has 27 heavy (non-hydrogen) atoms. The Morgan fingerprint density at radius 1 is 0.741 bits per heavy atom. The second-order valence-electron chi connectivity index (χ2n) is 7.40. The second kappa shape index (κ2) is 8.03. The normalized spacial score (nSPS) is 26.4. The van der Waals surface area contributed by atoms with Crippen LogP contribution in [0.5, 0.6) is 0 Å². The molecule has 2 bridgehead atoms. The van der Waals surface area contributed by atoms with Gasteiger partial charge in [-0.1, -0.05) is 24.0 Å². The first kappa shape index (κ1) is 17.9. The van der Waals surface area contributed by atoms with E-state index < -0.39 is 0 Å². The van der Waals surface area contributed by atoms with Crippen LogP contribution in [0.25, 0.3) is 0 Å². The SMILES string of the molecule is O=C(C#CC1=C(C#CC(=O)N2CCCCC2)[C@H]2C=C[C@@H]1O2)N1CCCCC1. The lowest BCUT2D eigenvalue weighted by molar-refractivity contribution is -0.126. The zero-order valence-electron chi connectivity index (χ0n) is 15.5. The van der Waals surface area contributed by atoms with E-state index in [1.165, 1.54) is 12.8 Å². The predicted octanol–water partition coefficient (Wildman–Crippen LogP) is 1.65. The fourth-order valence-electron chi connectivity index (χ4n) is 3.96. The van der Waals surface area contributed by atoms with E-state index in [0.717, 1.165) is 63.0 Å². The number of piperidine rings is 2. The number of amides is 2. The maximum Gasteiger partial charge on any atom is 0.298 e. The van der Waals surface area contributed by atoms with Gasteiger partial charge in [0.2, 0.25) is 0 Å². The zero-order valence-corrected chi connectivity index (χ0v) is 15.5. The summed E-state index contributed by atoms with van der Waals surface area (Å²) < 4.78 is 5.81. The summed E-state index contributed by atoms with van der Waals surface area (Å²) >= 11 is 0. The number of rotatable bonds is 0. The number of fused-ring (bicyclic) bond motifs is 2. The Hall–Kier alpha value is -2.50. The highest BCUT2D eigenvalue weighted by Crippen LogP contribution is 2.33. The van der Waals surface area contributed by atoms with E-state index in [1.54, 1.807) is 0 Å². The minimum Gasteiger partial charge on any atom is -0.356 e. The Bertz CT molecular complexity index is 740. The van der Waals surface area contributed by atoms with Gasteiger partial charge in [-0.3, -0.25) is 9.59 Å². The molecule has 4 rings (SSSR count). The number of carbonyl (C=O) groups excluding carboxylic acids is 2. The van der Waals surface area contributed by atoms with Crippen molar-refractivity contribution in [3.63, 3.8) is 0 Å². The fourth-order valence-corrected chi connectivity index (χ4v) is 3.96. The van der Waals surface area contributed by atoms with Crippen LogP contribution in [0.1, 0.15) is 38.5 Å². The summed E-state index contributed by atoms with van der Waals surface area (Å²) in [5, 5.41) is 0. The molecule has 5 heteroatoms. The fraction of sp³-hybridized carbons (Fsp3) is 0.545. The van der Waals surface area contributed by atoms with Gasteiger partial charge in [0.15, 0.2) is 0 Å². The van der Waals surface area contributed by atoms with Crippen LogP contribution in [0.4, 0.5) is 0 Å². The summed E-state index contributed by atoms with van der Waals surface area (Å²) in [6.07, 6.45) is 9.92. The maximum atomic E-state index is 12.3. The van der Waals surface area contributed by atoms with Gasteiger partial charge in [0.25, 0.3) is 11.8 Å². The first-order valence-electron chi connectivity index (χ1n) is 9.92. The Balaban J connectivity index is 1.50. The molecule has 4 aliphatic heterocycles. The number of ether oxygens (including phenoxy) is 1. The molecule has 0 aliphatic carbocycles. The second-order valence-corrected chi connectivity index (χ2v) is 7.40. The molecule has 0 saturated carbocycles. The van der Waals surface area contributed by atoms with E-state index >= 15 is 0 Å². The third-order valence-corrected chi connectivity index (χ3v) is 5.51. The largest absolute Gasteiger partial charge is 0.356 e. The molecule has 0 aromatic carbocycles. The Kier molecular flexibility index (Phi) is 5.32. The molecule has 2 amide bonds. The van der Waals surface area contributed by atoms with E-state index in [0.29, 0.717) is 0 Å². The Morgan fingerprint density at radius 2 is 1.15 bits per heavy atom. The molecule has 140 valence electrons. The van der Waals surface area contributed by atoms with Crippen LogP contribution < -0.4 is 0 Å². The number of hydrogen-bond acceptors (Lipinski definition) is 3. The van der Waals surface area contributed by atoms with Crippen molar-refractivity contribution in [3.8, 4) is 23.7 Å². The maximum absolute atomic E-state index is 12.3. The summed E-state index contributed by atoms with van der Waals surface area (Å²) in [7, 11) is 0. The van der Waals surface area contributed by atoms with Gasteiger partial charge in [-0.2, -0.15) is 0 Å². The standard InChI is InChI=1S/C22H24N2O3/c25-21(23-13-3-1-4-14-23)11-7-17-18(20-10-9-19(17)27-20)8-12-22(26)24-15-5-2-6-16-24/h9-10,19-20H,1-6,13-16H2/t19-,20+. The van der Waals surface area contributed by atoms with Crippen molar-refractivity contribution < 1.29 is 14.3 Å². The quantitative estimate of drug-likeness (QED) is 0.485. The monoisotopic (exact) mass is 364 g/mol. The van der Waals surface area contributed by atoms with Crippen LogP contribution >= 0.6 is 0 Å². The molecule has 0 aromatic heterocycles. The van der Waals surface area contributed by atoms with E-state index in [-0.39, 0.29) is 24.0 Å². The smallest absolute Gasteiger partial charge is 0.298 e. The first-order chi connectivity index (χ1) is 13.2. The molecule has 0 unspecified atom stereocenters. The highest BCUT2D eigenvalue weighted by atomic mass is 16.5. The highest BCUT2D eigenvalue weighted by molar-refractivity contribution is 5.95. The van der Waals surface area contributed by atoms with Crippen LogP contribution in [0.15, 0.2) is 23.3 Å². The third-order valence-electron chi connectivity index (χ3n) is 5.51. The van der Waals surface area contributed by atoms with Crippen molar-refractivity contribution in [2.45, 2.75) is 50.7 Å². The summed E-state index contributed by atoms with van der Waals surface area (Å²) in [5.74, 6) is 11.3. The highest BCUT2D eigenvalue weighted by Gasteiger charge is 2.35. The Labute approximate surface area is 160 Å². The molecule has 0 radical (unpaired) electrons. The van der Waals surface area contributed by atoms with Gasteiger partial charge in [-0.05, 0) is 38.5 Å². The van der Waals surface area contributed by atoms with Crippen molar-refractivity contribution in [2.75, 3.05) is 26.2 Å². The lowest BCUT2D eigenvalue weighted by atomic mass is 9.97.